The Balaban J connectivity index is 1.15. The Morgan fingerprint density at radius 2 is 1.78 bits per heavy atom. The largest absolute Gasteiger partial charge is 0.486 e. The number of hydrogen-bond acceptors (Lipinski definition) is 5. The zero-order valence-corrected chi connectivity index (χ0v) is 19.0. The molecule has 2 saturated heterocycles. The molecule has 0 radical (unpaired) electrons. The Bertz CT molecular complexity index is 955. The van der Waals surface area contributed by atoms with Crippen molar-refractivity contribution in [3.63, 3.8) is 0 Å². The molecule has 0 aliphatic carbocycles. The minimum Gasteiger partial charge on any atom is -0.486 e. The summed E-state index contributed by atoms with van der Waals surface area (Å²) in [5.74, 6) is 1.91. The third-order valence-corrected chi connectivity index (χ3v) is 6.87. The van der Waals surface area contributed by atoms with E-state index in [0.717, 1.165) is 63.6 Å². The molecule has 32 heavy (non-hydrogen) atoms. The first-order valence-corrected chi connectivity index (χ1v) is 11.8. The highest BCUT2D eigenvalue weighted by Crippen LogP contribution is 2.38. The quantitative estimate of drug-likeness (QED) is 0.722. The fourth-order valence-corrected chi connectivity index (χ4v) is 5.16. The molecule has 1 amide bonds. The molecule has 0 saturated carbocycles. The highest BCUT2D eigenvalue weighted by Gasteiger charge is 2.31. The van der Waals surface area contributed by atoms with Crippen LogP contribution in [0.15, 0.2) is 42.5 Å². The summed E-state index contributed by atoms with van der Waals surface area (Å²) in [5, 5.41) is 0. The maximum Gasteiger partial charge on any atom is 0.236 e. The van der Waals surface area contributed by atoms with Gasteiger partial charge in [-0.1, -0.05) is 35.9 Å². The van der Waals surface area contributed by atoms with Crippen LogP contribution < -0.4 is 9.47 Å². The number of aryl methyl sites for hydroxylation is 1. The van der Waals surface area contributed by atoms with Gasteiger partial charge in [-0.25, -0.2) is 0 Å². The molecular formula is C26H33N3O3. The summed E-state index contributed by atoms with van der Waals surface area (Å²) in [6, 6.07) is 15.2. The lowest BCUT2D eigenvalue weighted by Gasteiger charge is -2.36. The number of piperazine rings is 1. The second kappa shape index (κ2) is 9.51. The normalized spacial score (nSPS) is 21.7. The van der Waals surface area contributed by atoms with Crippen LogP contribution in [-0.2, 0) is 11.3 Å². The van der Waals surface area contributed by atoms with Gasteiger partial charge in [-0.15, -0.1) is 0 Å². The van der Waals surface area contributed by atoms with Gasteiger partial charge in [0.1, 0.15) is 13.2 Å². The zero-order valence-electron chi connectivity index (χ0n) is 19.0. The maximum absolute atomic E-state index is 13.1. The van der Waals surface area contributed by atoms with Crippen LogP contribution in [0.4, 0.5) is 0 Å². The Labute approximate surface area is 190 Å². The molecule has 170 valence electrons. The molecule has 1 atom stereocenters. The van der Waals surface area contributed by atoms with Gasteiger partial charge in [0.15, 0.2) is 11.5 Å². The zero-order chi connectivity index (χ0) is 21.9. The van der Waals surface area contributed by atoms with Crippen molar-refractivity contribution in [3.8, 4) is 11.5 Å². The fourth-order valence-electron chi connectivity index (χ4n) is 5.16. The molecule has 2 aromatic carbocycles. The van der Waals surface area contributed by atoms with Gasteiger partial charge >= 0.3 is 0 Å². The first kappa shape index (κ1) is 21.3. The monoisotopic (exact) mass is 435 g/mol. The lowest BCUT2D eigenvalue weighted by Crippen LogP contribution is -2.50. The smallest absolute Gasteiger partial charge is 0.236 e. The summed E-state index contributed by atoms with van der Waals surface area (Å²) in [5.41, 5.74) is 3.88. The van der Waals surface area contributed by atoms with Crippen LogP contribution >= 0.6 is 0 Å². The fraction of sp³-hybridized carbons (Fsp3) is 0.500. The van der Waals surface area contributed by atoms with Crippen LogP contribution in [0.3, 0.4) is 0 Å². The predicted molar refractivity (Wildman–Crippen MR) is 124 cm³/mol. The van der Waals surface area contributed by atoms with Crippen molar-refractivity contribution in [1.29, 1.82) is 0 Å². The summed E-state index contributed by atoms with van der Waals surface area (Å²) in [6.45, 7) is 9.26. The number of likely N-dealkylation sites (tertiary alicyclic amines) is 1. The SMILES string of the molecule is Cc1cccc(CN2CCN(C(=O)CN3CCC[C@H]3c3ccc4c(c3)OCCO4)CC2)c1. The summed E-state index contributed by atoms with van der Waals surface area (Å²) in [7, 11) is 0. The molecule has 2 aromatic rings. The molecule has 5 rings (SSSR count). The van der Waals surface area contributed by atoms with Crippen LogP contribution in [0.5, 0.6) is 11.5 Å². The minimum absolute atomic E-state index is 0.254. The van der Waals surface area contributed by atoms with Gasteiger partial charge in [-0.3, -0.25) is 14.6 Å². The van der Waals surface area contributed by atoms with E-state index in [1.165, 1.54) is 16.7 Å². The highest BCUT2D eigenvalue weighted by molar-refractivity contribution is 5.78. The van der Waals surface area contributed by atoms with Crippen LogP contribution in [-0.4, -0.2) is 73.1 Å². The molecule has 3 heterocycles. The second-order valence-corrected chi connectivity index (χ2v) is 9.18. The molecule has 0 spiro atoms. The van der Waals surface area contributed by atoms with E-state index >= 15 is 0 Å². The Kier molecular flexibility index (Phi) is 6.32. The Hall–Kier alpha value is -2.57. The van der Waals surface area contributed by atoms with Gasteiger partial charge < -0.3 is 14.4 Å². The molecule has 2 fully saturated rings. The third-order valence-electron chi connectivity index (χ3n) is 6.87. The Morgan fingerprint density at radius 3 is 2.59 bits per heavy atom. The van der Waals surface area contributed by atoms with Crippen LogP contribution in [0, 0.1) is 6.92 Å². The lowest BCUT2D eigenvalue weighted by atomic mass is 10.0. The standard InChI is InChI=1S/C26H33N3O3/c1-20-4-2-5-21(16-20)18-27-10-12-28(13-11-27)26(30)19-29-9-3-6-23(29)22-7-8-24-25(17-22)32-15-14-31-24/h2,4-5,7-8,16-17,23H,3,6,9-15,18-19H2,1H3/t23-/m0/s1. The van der Waals surface area contributed by atoms with Gasteiger partial charge in [-0.2, -0.15) is 0 Å². The van der Waals surface area contributed by atoms with Gasteiger partial charge in [0.25, 0.3) is 0 Å². The number of fused-ring (bicyclic) bond motifs is 1. The van der Waals surface area contributed by atoms with Crippen molar-refractivity contribution in [2.45, 2.75) is 32.4 Å². The minimum atomic E-state index is 0.254. The van der Waals surface area contributed by atoms with Crippen molar-refractivity contribution in [2.75, 3.05) is 52.5 Å². The summed E-state index contributed by atoms with van der Waals surface area (Å²) < 4.78 is 11.4. The highest BCUT2D eigenvalue weighted by atomic mass is 16.6. The van der Waals surface area contributed by atoms with Crippen molar-refractivity contribution in [3.05, 3.63) is 59.2 Å². The molecule has 6 heteroatoms. The number of ether oxygens (including phenoxy) is 2. The van der Waals surface area contributed by atoms with E-state index in [1.807, 2.05) is 11.0 Å². The van der Waals surface area contributed by atoms with Gasteiger partial charge in [-0.05, 0) is 49.6 Å². The topological polar surface area (TPSA) is 45.2 Å². The number of hydrogen-bond donors (Lipinski definition) is 0. The molecule has 3 aliphatic rings. The first-order chi connectivity index (χ1) is 15.7. The summed E-state index contributed by atoms with van der Waals surface area (Å²) in [4.78, 5) is 19.9. The molecular weight excluding hydrogens is 402 g/mol. The molecule has 0 bridgehead atoms. The van der Waals surface area contributed by atoms with E-state index < -0.39 is 0 Å². The van der Waals surface area contributed by atoms with Crippen molar-refractivity contribution in [2.24, 2.45) is 0 Å². The first-order valence-electron chi connectivity index (χ1n) is 11.8. The molecule has 3 aliphatic heterocycles. The van der Waals surface area contributed by atoms with Gasteiger partial charge in [0, 0.05) is 38.8 Å². The number of carbonyl (C=O) groups excluding carboxylic acids is 1. The number of carbonyl (C=O) groups is 1. The number of nitrogens with zero attached hydrogens (tertiary/aromatic N) is 3. The lowest BCUT2D eigenvalue weighted by molar-refractivity contribution is -0.134. The molecule has 0 aromatic heterocycles. The molecule has 0 unspecified atom stereocenters. The maximum atomic E-state index is 13.1. The van der Waals surface area contributed by atoms with Gasteiger partial charge in [0.2, 0.25) is 5.91 Å². The Morgan fingerprint density at radius 1 is 0.969 bits per heavy atom. The predicted octanol–water partition coefficient (Wildman–Crippen LogP) is 3.25. The van der Waals surface area contributed by atoms with Crippen LogP contribution in [0.2, 0.25) is 0 Å². The van der Waals surface area contributed by atoms with E-state index in [0.29, 0.717) is 19.8 Å². The van der Waals surface area contributed by atoms with Crippen molar-refractivity contribution >= 4 is 5.91 Å². The van der Waals surface area contributed by atoms with Crippen LogP contribution in [0.25, 0.3) is 0 Å². The number of rotatable bonds is 5. The van der Waals surface area contributed by atoms with E-state index in [9.17, 15) is 4.79 Å². The second-order valence-electron chi connectivity index (χ2n) is 9.18. The van der Waals surface area contributed by atoms with Gasteiger partial charge in [0.05, 0.1) is 6.54 Å². The van der Waals surface area contributed by atoms with Crippen molar-refractivity contribution in [1.82, 2.24) is 14.7 Å². The average Bonchev–Trinajstić information content (AvgIpc) is 3.27. The summed E-state index contributed by atoms with van der Waals surface area (Å²) in [6.07, 6.45) is 2.20. The van der Waals surface area contributed by atoms with E-state index in [1.54, 1.807) is 0 Å². The van der Waals surface area contributed by atoms with Crippen molar-refractivity contribution < 1.29 is 14.3 Å². The van der Waals surface area contributed by atoms with E-state index in [2.05, 4.69) is 53.1 Å². The number of amides is 1. The third kappa shape index (κ3) is 4.76. The van der Waals surface area contributed by atoms with E-state index in [4.69, 9.17) is 9.47 Å². The number of benzene rings is 2. The average molecular weight is 436 g/mol. The van der Waals surface area contributed by atoms with E-state index in [-0.39, 0.29) is 11.9 Å². The summed E-state index contributed by atoms with van der Waals surface area (Å²) >= 11 is 0. The molecule has 6 nitrogen and oxygen atoms in total. The van der Waals surface area contributed by atoms with Crippen LogP contribution in [0.1, 0.15) is 35.6 Å². The molecule has 0 N–H and O–H groups in total.